The van der Waals surface area contributed by atoms with Gasteiger partial charge in [-0.25, -0.2) is 4.98 Å². The van der Waals surface area contributed by atoms with Gasteiger partial charge in [-0.05, 0) is 17.9 Å². The molecule has 2 aromatic rings. The fourth-order valence-corrected chi connectivity index (χ4v) is 1.84. The van der Waals surface area contributed by atoms with Crippen LogP contribution in [0.25, 0.3) is 11.1 Å². The Hall–Kier alpha value is -0.670. The predicted molar refractivity (Wildman–Crippen MR) is 55.4 cm³/mol. The third kappa shape index (κ3) is 1.67. The van der Waals surface area contributed by atoms with Crippen LogP contribution in [-0.2, 0) is 0 Å². The van der Waals surface area contributed by atoms with Crippen LogP contribution in [0.4, 0.5) is 0 Å². The summed E-state index contributed by atoms with van der Waals surface area (Å²) in [6.45, 7) is 2.06. The van der Waals surface area contributed by atoms with Gasteiger partial charge in [-0.1, -0.05) is 36.4 Å². The molecule has 0 amide bonds. The molecule has 0 bridgehead atoms. The maximum absolute atomic E-state index is 5.94. The van der Waals surface area contributed by atoms with Crippen molar-refractivity contribution in [2.75, 3.05) is 5.75 Å². The highest BCUT2D eigenvalue weighted by Crippen LogP contribution is 2.27. The highest BCUT2D eigenvalue weighted by atomic mass is 35.5. The molecule has 2 rings (SSSR count). The quantitative estimate of drug-likeness (QED) is 0.713. The summed E-state index contributed by atoms with van der Waals surface area (Å²) >= 11 is 7.51. The fraction of sp³-hybridized carbons (Fsp3) is 0.222. The molecule has 0 atom stereocenters. The summed E-state index contributed by atoms with van der Waals surface area (Å²) in [5.74, 6) is 0.949. The molecule has 1 aromatic heterocycles. The van der Waals surface area contributed by atoms with E-state index in [2.05, 4.69) is 11.9 Å². The summed E-state index contributed by atoms with van der Waals surface area (Å²) in [6, 6.07) is 5.54. The van der Waals surface area contributed by atoms with E-state index in [1.165, 1.54) is 0 Å². The van der Waals surface area contributed by atoms with Crippen molar-refractivity contribution in [2.45, 2.75) is 12.1 Å². The minimum absolute atomic E-state index is 0.643. The Kier molecular flexibility index (Phi) is 2.47. The van der Waals surface area contributed by atoms with E-state index in [0.717, 1.165) is 16.9 Å². The molecule has 0 fully saturated rings. The molecule has 0 aliphatic carbocycles. The summed E-state index contributed by atoms with van der Waals surface area (Å²) < 4.78 is 5.46. The van der Waals surface area contributed by atoms with E-state index >= 15 is 0 Å². The van der Waals surface area contributed by atoms with Gasteiger partial charge < -0.3 is 4.42 Å². The van der Waals surface area contributed by atoms with E-state index < -0.39 is 0 Å². The number of fused-ring (bicyclic) bond motifs is 1. The van der Waals surface area contributed by atoms with Gasteiger partial charge in [0, 0.05) is 0 Å². The molecule has 0 saturated carbocycles. The minimum Gasteiger partial charge on any atom is -0.431 e. The lowest BCUT2D eigenvalue weighted by atomic mass is 10.3. The van der Waals surface area contributed by atoms with Gasteiger partial charge in [0.1, 0.15) is 5.52 Å². The van der Waals surface area contributed by atoms with Crippen molar-refractivity contribution < 1.29 is 4.42 Å². The monoisotopic (exact) mass is 213 g/mol. The average Bonchev–Trinajstić information content (AvgIpc) is 2.49. The van der Waals surface area contributed by atoms with Crippen molar-refractivity contribution in [1.82, 2.24) is 4.98 Å². The molecule has 0 saturated heterocycles. The fourth-order valence-electron chi connectivity index (χ4n) is 1.08. The number of aromatic nitrogens is 1. The molecule has 0 aliphatic rings. The van der Waals surface area contributed by atoms with Crippen molar-refractivity contribution in [3.8, 4) is 0 Å². The number of para-hydroxylation sites is 1. The maximum atomic E-state index is 5.94. The normalized spacial score (nSPS) is 10.9. The second kappa shape index (κ2) is 3.60. The lowest BCUT2D eigenvalue weighted by Gasteiger charge is -1.86. The predicted octanol–water partition coefficient (Wildman–Crippen LogP) is 3.59. The summed E-state index contributed by atoms with van der Waals surface area (Å²) in [6.07, 6.45) is 0. The Morgan fingerprint density at radius 3 is 3.08 bits per heavy atom. The standard InChI is InChI=1S/C9H8ClNOS/c1-2-13-9-11-8-6(10)4-3-5-7(8)12-9/h3-5H,2H2,1H3. The number of hydrogen-bond acceptors (Lipinski definition) is 3. The summed E-state index contributed by atoms with van der Waals surface area (Å²) in [5.41, 5.74) is 1.50. The van der Waals surface area contributed by atoms with Crippen molar-refractivity contribution in [1.29, 1.82) is 0 Å². The summed E-state index contributed by atoms with van der Waals surface area (Å²) in [7, 11) is 0. The third-order valence-corrected chi connectivity index (χ3v) is 2.63. The highest BCUT2D eigenvalue weighted by Gasteiger charge is 2.07. The van der Waals surface area contributed by atoms with Gasteiger partial charge in [0.15, 0.2) is 5.58 Å². The van der Waals surface area contributed by atoms with Crippen LogP contribution in [0.2, 0.25) is 5.02 Å². The first-order chi connectivity index (χ1) is 6.31. The van der Waals surface area contributed by atoms with Gasteiger partial charge in [0.2, 0.25) is 0 Å². The Balaban J connectivity index is 2.55. The van der Waals surface area contributed by atoms with Crippen LogP contribution in [-0.4, -0.2) is 10.7 Å². The van der Waals surface area contributed by atoms with Crippen molar-refractivity contribution >= 4 is 34.5 Å². The van der Waals surface area contributed by atoms with E-state index in [0.29, 0.717) is 10.2 Å². The number of halogens is 1. The van der Waals surface area contributed by atoms with Crippen molar-refractivity contribution in [3.63, 3.8) is 0 Å². The first kappa shape index (κ1) is 8.91. The molecule has 1 aromatic carbocycles. The molecule has 4 heteroatoms. The lowest BCUT2D eigenvalue weighted by Crippen LogP contribution is -1.71. The van der Waals surface area contributed by atoms with Gasteiger partial charge in [-0.2, -0.15) is 0 Å². The summed E-state index contributed by atoms with van der Waals surface area (Å²) in [4.78, 5) is 4.27. The van der Waals surface area contributed by atoms with Crippen LogP contribution in [0.15, 0.2) is 27.8 Å². The molecule has 0 radical (unpaired) electrons. The van der Waals surface area contributed by atoms with Crippen molar-refractivity contribution in [3.05, 3.63) is 23.2 Å². The number of rotatable bonds is 2. The molecule has 0 unspecified atom stereocenters. The zero-order valence-electron chi connectivity index (χ0n) is 7.08. The zero-order valence-corrected chi connectivity index (χ0v) is 8.65. The third-order valence-electron chi connectivity index (χ3n) is 1.62. The van der Waals surface area contributed by atoms with Gasteiger partial charge in [-0.15, -0.1) is 0 Å². The van der Waals surface area contributed by atoms with E-state index in [-0.39, 0.29) is 0 Å². The van der Waals surface area contributed by atoms with Crippen LogP contribution >= 0.6 is 23.4 Å². The Bertz CT molecular complexity index is 426. The average molecular weight is 214 g/mol. The minimum atomic E-state index is 0.643. The molecule has 68 valence electrons. The number of nitrogens with zero attached hydrogens (tertiary/aromatic N) is 1. The Labute approximate surface area is 85.3 Å². The van der Waals surface area contributed by atoms with Gasteiger partial charge in [0.25, 0.3) is 5.22 Å². The topological polar surface area (TPSA) is 26.0 Å². The second-order valence-electron chi connectivity index (χ2n) is 2.50. The van der Waals surface area contributed by atoms with Crippen LogP contribution in [0.1, 0.15) is 6.92 Å². The van der Waals surface area contributed by atoms with E-state index in [1.54, 1.807) is 11.8 Å². The molecule has 0 spiro atoms. The maximum Gasteiger partial charge on any atom is 0.256 e. The first-order valence-corrected chi connectivity index (χ1v) is 5.35. The van der Waals surface area contributed by atoms with Crippen LogP contribution in [0, 0.1) is 0 Å². The van der Waals surface area contributed by atoms with Crippen LogP contribution in [0.3, 0.4) is 0 Å². The number of thioether (sulfide) groups is 1. The number of benzene rings is 1. The zero-order chi connectivity index (χ0) is 9.26. The van der Waals surface area contributed by atoms with Crippen LogP contribution < -0.4 is 0 Å². The first-order valence-electron chi connectivity index (χ1n) is 3.99. The van der Waals surface area contributed by atoms with Gasteiger partial charge in [0.05, 0.1) is 5.02 Å². The van der Waals surface area contributed by atoms with E-state index in [4.69, 9.17) is 16.0 Å². The van der Waals surface area contributed by atoms with Gasteiger partial charge in [-0.3, -0.25) is 0 Å². The van der Waals surface area contributed by atoms with E-state index in [1.807, 2.05) is 18.2 Å². The summed E-state index contributed by atoms with van der Waals surface area (Å²) in [5, 5.41) is 1.33. The molecule has 1 heterocycles. The number of oxazole rings is 1. The molecular formula is C9H8ClNOS. The second-order valence-corrected chi connectivity index (χ2v) is 4.12. The van der Waals surface area contributed by atoms with E-state index in [9.17, 15) is 0 Å². The molecule has 0 aliphatic heterocycles. The van der Waals surface area contributed by atoms with Gasteiger partial charge >= 0.3 is 0 Å². The molecule has 13 heavy (non-hydrogen) atoms. The van der Waals surface area contributed by atoms with Crippen LogP contribution in [0.5, 0.6) is 0 Å². The Morgan fingerprint density at radius 2 is 2.38 bits per heavy atom. The van der Waals surface area contributed by atoms with Crippen molar-refractivity contribution in [2.24, 2.45) is 0 Å². The smallest absolute Gasteiger partial charge is 0.256 e. The molecule has 2 nitrogen and oxygen atoms in total. The molecular weight excluding hydrogens is 206 g/mol. The highest BCUT2D eigenvalue weighted by molar-refractivity contribution is 7.99. The SMILES string of the molecule is CCSc1nc2c(Cl)cccc2o1. The number of hydrogen-bond donors (Lipinski definition) is 0. The lowest BCUT2D eigenvalue weighted by molar-refractivity contribution is 0.489. The Morgan fingerprint density at radius 1 is 1.54 bits per heavy atom. The molecule has 0 N–H and O–H groups in total. The largest absolute Gasteiger partial charge is 0.431 e.